The zero-order valence-corrected chi connectivity index (χ0v) is 14.1. The highest BCUT2D eigenvalue weighted by molar-refractivity contribution is 5.74. The SMILES string of the molecule is COc1cc(-c2ccc(-c3ccccc3)cc2)cc(OC)c1OC. The maximum absolute atomic E-state index is 5.43. The summed E-state index contributed by atoms with van der Waals surface area (Å²) in [6.45, 7) is 0. The third kappa shape index (κ3) is 3.06. The molecule has 0 bridgehead atoms. The Kier molecular flexibility index (Phi) is 4.71. The molecule has 3 aromatic carbocycles. The first-order valence-electron chi connectivity index (χ1n) is 7.72. The van der Waals surface area contributed by atoms with Crippen molar-refractivity contribution in [3.8, 4) is 39.5 Å². The first kappa shape index (κ1) is 15.9. The lowest BCUT2D eigenvalue weighted by Gasteiger charge is -2.14. The van der Waals surface area contributed by atoms with Crippen molar-refractivity contribution in [3.63, 3.8) is 0 Å². The van der Waals surface area contributed by atoms with Gasteiger partial charge in [-0.25, -0.2) is 0 Å². The fraction of sp³-hybridized carbons (Fsp3) is 0.143. The Hall–Kier alpha value is -2.94. The molecule has 122 valence electrons. The molecule has 0 atom stereocenters. The van der Waals surface area contributed by atoms with Crippen LogP contribution in [0.2, 0.25) is 0 Å². The van der Waals surface area contributed by atoms with Gasteiger partial charge in [0.2, 0.25) is 5.75 Å². The Morgan fingerprint density at radius 3 is 1.42 bits per heavy atom. The van der Waals surface area contributed by atoms with Crippen LogP contribution in [0.4, 0.5) is 0 Å². The second-order valence-corrected chi connectivity index (χ2v) is 5.36. The van der Waals surface area contributed by atoms with Crippen LogP contribution in [0.1, 0.15) is 0 Å². The minimum atomic E-state index is 0.602. The van der Waals surface area contributed by atoms with E-state index in [-0.39, 0.29) is 0 Å². The monoisotopic (exact) mass is 320 g/mol. The molecule has 0 aliphatic carbocycles. The third-order valence-electron chi connectivity index (χ3n) is 3.99. The molecule has 0 aliphatic heterocycles. The van der Waals surface area contributed by atoms with E-state index in [1.807, 2.05) is 30.3 Å². The van der Waals surface area contributed by atoms with Gasteiger partial charge in [-0.2, -0.15) is 0 Å². The lowest BCUT2D eigenvalue weighted by atomic mass is 10.00. The number of hydrogen-bond donors (Lipinski definition) is 0. The van der Waals surface area contributed by atoms with Crippen LogP contribution in [-0.2, 0) is 0 Å². The fourth-order valence-corrected chi connectivity index (χ4v) is 2.73. The van der Waals surface area contributed by atoms with Gasteiger partial charge in [-0.05, 0) is 34.4 Å². The molecule has 0 amide bonds. The summed E-state index contributed by atoms with van der Waals surface area (Å²) in [4.78, 5) is 0. The van der Waals surface area contributed by atoms with Crippen molar-refractivity contribution in [1.82, 2.24) is 0 Å². The molecule has 3 aromatic rings. The minimum absolute atomic E-state index is 0.602. The number of methoxy groups -OCH3 is 3. The molecule has 0 heterocycles. The van der Waals surface area contributed by atoms with Gasteiger partial charge >= 0.3 is 0 Å². The molecule has 3 nitrogen and oxygen atoms in total. The van der Waals surface area contributed by atoms with E-state index in [9.17, 15) is 0 Å². The molecule has 3 rings (SSSR count). The summed E-state index contributed by atoms with van der Waals surface area (Å²) in [7, 11) is 4.86. The number of benzene rings is 3. The molecule has 0 saturated carbocycles. The van der Waals surface area contributed by atoms with Crippen LogP contribution in [0, 0.1) is 0 Å². The quantitative estimate of drug-likeness (QED) is 0.658. The number of hydrogen-bond acceptors (Lipinski definition) is 3. The normalized spacial score (nSPS) is 10.3. The van der Waals surface area contributed by atoms with Crippen LogP contribution in [-0.4, -0.2) is 21.3 Å². The van der Waals surface area contributed by atoms with E-state index in [2.05, 4.69) is 36.4 Å². The van der Waals surface area contributed by atoms with Crippen LogP contribution in [0.5, 0.6) is 17.2 Å². The molecule has 3 heteroatoms. The van der Waals surface area contributed by atoms with Crippen LogP contribution < -0.4 is 14.2 Å². The molecule has 0 unspecified atom stereocenters. The topological polar surface area (TPSA) is 27.7 Å². The lowest BCUT2D eigenvalue weighted by molar-refractivity contribution is 0.324. The Morgan fingerprint density at radius 1 is 0.500 bits per heavy atom. The molecule has 0 N–H and O–H groups in total. The lowest BCUT2D eigenvalue weighted by Crippen LogP contribution is -1.95. The van der Waals surface area contributed by atoms with Gasteiger partial charge in [0.25, 0.3) is 0 Å². The van der Waals surface area contributed by atoms with Gasteiger partial charge in [-0.1, -0.05) is 54.6 Å². The predicted octanol–water partition coefficient (Wildman–Crippen LogP) is 5.05. The van der Waals surface area contributed by atoms with E-state index in [1.165, 1.54) is 11.1 Å². The van der Waals surface area contributed by atoms with Gasteiger partial charge in [0.15, 0.2) is 11.5 Å². The standard InChI is InChI=1S/C21H20O3/c1-22-19-13-18(14-20(23-2)21(19)24-3)17-11-9-16(10-12-17)15-7-5-4-6-8-15/h4-14H,1-3H3. The van der Waals surface area contributed by atoms with Crippen molar-refractivity contribution in [3.05, 3.63) is 66.7 Å². The zero-order valence-electron chi connectivity index (χ0n) is 14.1. The van der Waals surface area contributed by atoms with Gasteiger partial charge in [0, 0.05) is 0 Å². The highest BCUT2D eigenvalue weighted by Gasteiger charge is 2.14. The smallest absolute Gasteiger partial charge is 0.203 e. The van der Waals surface area contributed by atoms with Gasteiger partial charge in [-0.15, -0.1) is 0 Å². The maximum Gasteiger partial charge on any atom is 0.203 e. The Morgan fingerprint density at radius 2 is 0.958 bits per heavy atom. The molecule has 0 aromatic heterocycles. The third-order valence-corrected chi connectivity index (χ3v) is 3.99. The molecule has 24 heavy (non-hydrogen) atoms. The average Bonchev–Trinajstić information content (AvgIpc) is 2.67. The zero-order chi connectivity index (χ0) is 16.9. The van der Waals surface area contributed by atoms with Gasteiger partial charge in [0.05, 0.1) is 21.3 Å². The second kappa shape index (κ2) is 7.09. The van der Waals surface area contributed by atoms with Crippen LogP contribution in [0.15, 0.2) is 66.7 Å². The summed E-state index contributed by atoms with van der Waals surface area (Å²) < 4.78 is 16.2. The highest BCUT2D eigenvalue weighted by Crippen LogP contribution is 2.41. The van der Waals surface area contributed by atoms with E-state index in [0.29, 0.717) is 17.2 Å². The predicted molar refractivity (Wildman–Crippen MR) is 97.0 cm³/mol. The second-order valence-electron chi connectivity index (χ2n) is 5.36. The fourth-order valence-electron chi connectivity index (χ4n) is 2.73. The van der Waals surface area contributed by atoms with Crippen molar-refractivity contribution >= 4 is 0 Å². The molecule has 0 fully saturated rings. The Bertz CT molecular complexity index is 783. The first-order chi connectivity index (χ1) is 11.8. The summed E-state index contributed by atoms with van der Waals surface area (Å²) in [6, 6.07) is 22.7. The van der Waals surface area contributed by atoms with Gasteiger partial charge < -0.3 is 14.2 Å². The summed E-state index contributed by atoms with van der Waals surface area (Å²) in [6.07, 6.45) is 0. The highest BCUT2D eigenvalue weighted by atomic mass is 16.5. The molecular formula is C21H20O3. The van der Waals surface area contributed by atoms with Crippen molar-refractivity contribution < 1.29 is 14.2 Å². The maximum atomic E-state index is 5.43. The average molecular weight is 320 g/mol. The van der Waals surface area contributed by atoms with Crippen molar-refractivity contribution in [2.45, 2.75) is 0 Å². The number of rotatable bonds is 5. The summed E-state index contributed by atoms with van der Waals surface area (Å²) in [5.74, 6) is 1.91. The van der Waals surface area contributed by atoms with E-state index in [1.54, 1.807) is 21.3 Å². The molecule has 0 spiro atoms. The summed E-state index contributed by atoms with van der Waals surface area (Å²) in [5, 5.41) is 0. The first-order valence-corrected chi connectivity index (χ1v) is 7.72. The number of ether oxygens (including phenoxy) is 3. The largest absolute Gasteiger partial charge is 0.493 e. The van der Waals surface area contributed by atoms with E-state index < -0.39 is 0 Å². The van der Waals surface area contributed by atoms with Gasteiger partial charge in [0.1, 0.15) is 0 Å². The van der Waals surface area contributed by atoms with Crippen LogP contribution >= 0.6 is 0 Å². The molecular weight excluding hydrogens is 300 g/mol. The van der Waals surface area contributed by atoms with Crippen LogP contribution in [0.25, 0.3) is 22.3 Å². The minimum Gasteiger partial charge on any atom is -0.493 e. The summed E-state index contributed by atoms with van der Waals surface area (Å²) >= 11 is 0. The Labute approximate surface area is 142 Å². The van der Waals surface area contributed by atoms with Crippen molar-refractivity contribution in [2.75, 3.05) is 21.3 Å². The van der Waals surface area contributed by atoms with Gasteiger partial charge in [-0.3, -0.25) is 0 Å². The summed E-state index contributed by atoms with van der Waals surface area (Å²) in [5.41, 5.74) is 4.50. The molecule has 0 aliphatic rings. The molecule has 0 radical (unpaired) electrons. The van der Waals surface area contributed by atoms with E-state index in [0.717, 1.165) is 11.1 Å². The molecule has 0 saturated heterocycles. The van der Waals surface area contributed by atoms with Crippen LogP contribution in [0.3, 0.4) is 0 Å². The van der Waals surface area contributed by atoms with E-state index in [4.69, 9.17) is 14.2 Å². The van der Waals surface area contributed by atoms with Crippen molar-refractivity contribution in [2.24, 2.45) is 0 Å². The van der Waals surface area contributed by atoms with E-state index >= 15 is 0 Å². The van der Waals surface area contributed by atoms with Crippen molar-refractivity contribution in [1.29, 1.82) is 0 Å². The Balaban J connectivity index is 2.00.